The Morgan fingerprint density at radius 3 is 2.24 bits per heavy atom. The molecule has 2 N–H and O–H groups in total. The Morgan fingerprint density at radius 1 is 1.06 bits per heavy atom. The van der Waals surface area contributed by atoms with Crippen LogP contribution >= 0.6 is 0 Å². The highest BCUT2D eigenvalue weighted by molar-refractivity contribution is 5.72. The second-order valence-electron chi connectivity index (χ2n) is 4.47. The normalized spacial score (nSPS) is 13.1. The first kappa shape index (κ1) is 16.2. The number of hydrogen-bond donors (Lipinski definition) is 2. The molecule has 3 heteroatoms. The fraction of sp³-hybridized carbons (Fsp3) is 0.786. The first-order valence-electron chi connectivity index (χ1n) is 6.74. The molecule has 100 valence electrons. The fourth-order valence-electron chi connectivity index (χ4n) is 1.66. The van der Waals surface area contributed by atoms with Crippen LogP contribution in [0.25, 0.3) is 0 Å². The number of aliphatic carboxylic acids is 1. The van der Waals surface area contributed by atoms with Gasteiger partial charge in [-0.25, -0.2) is 4.79 Å². The second-order valence-corrected chi connectivity index (χ2v) is 4.47. The Kier molecular flexibility index (Phi) is 11.1. The van der Waals surface area contributed by atoms with E-state index in [0.717, 1.165) is 12.8 Å². The van der Waals surface area contributed by atoms with E-state index < -0.39 is 12.1 Å². The first-order chi connectivity index (χ1) is 8.18. The van der Waals surface area contributed by atoms with Gasteiger partial charge in [0.15, 0.2) is 6.10 Å². The third-order valence-corrected chi connectivity index (χ3v) is 2.79. The smallest absolute Gasteiger partial charge is 0.332 e. The van der Waals surface area contributed by atoms with E-state index in [1.54, 1.807) is 6.08 Å². The summed E-state index contributed by atoms with van der Waals surface area (Å²) in [5.41, 5.74) is 0. The van der Waals surface area contributed by atoms with E-state index >= 15 is 0 Å². The van der Waals surface area contributed by atoms with Crippen molar-refractivity contribution >= 4 is 5.97 Å². The summed E-state index contributed by atoms with van der Waals surface area (Å²) in [4.78, 5) is 10.3. The minimum absolute atomic E-state index is 0.214. The first-order valence-corrected chi connectivity index (χ1v) is 6.74. The standard InChI is InChI=1S/C14H26O3/c1-2-3-4-5-6-7-8-9-10-11-12-13(15)14(16)17/h10-11,13,15H,2-9,12H2,1H3,(H,16,17). The van der Waals surface area contributed by atoms with Crippen molar-refractivity contribution in [3.63, 3.8) is 0 Å². The van der Waals surface area contributed by atoms with Crippen LogP contribution in [0.2, 0.25) is 0 Å². The maximum Gasteiger partial charge on any atom is 0.332 e. The van der Waals surface area contributed by atoms with Gasteiger partial charge in [0.25, 0.3) is 0 Å². The van der Waals surface area contributed by atoms with E-state index in [1.807, 2.05) is 6.08 Å². The van der Waals surface area contributed by atoms with Gasteiger partial charge in [0, 0.05) is 6.42 Å². The van der Waals surface area contributed by atoms with Crippen LogP contribution in [-0.4, -0.2) is 22.3 Å². The van der Waals surface area contributed by atoms with Crippen LogP contribution < -0.4 is 0 Å². The van der Waals surface area contributed by atoms with Gasteiger partial charge in [0.1, 0.15) is 0 Å². The van der Waals surface area contributed by atoms with Gasteiger partial charge in [-0.2, -0.15) is 0 Å². The number of carboxylic acids is 1. The zero-order valence-corrected chi connectivity index (χ0v) is 10.9. The van der Waals surface area contributed by atoms with Crippen LogP contribution in [0.15, 0.2) is 12.2 Å². The average Bonchev–Trinajstić information content (AvgIpc) is 2.31. The van der Waals surface area contributed by atoms with Crippen molar-refractivity contribution in [2.75, 3.05) is 0 Å². The molecule has 17 heavy (non-hydrogen) atoms. The van der Waals surface area contributed by atoms with Gasteiger partial charge in [0.05, 0.1) is 0 Å². The topological polar surface area (TPSA) is 57.5 Å². The molecule has 0 aliphatic rings. The van der Waals surface area contributed by atoms with Crippen molar-refractivity contribution in [2.45, 2.75) is 70.8 Å². The van der Waals surface area contributed by atoms with Crippen molar-refractivity contribution in [1.82, 2.24) is 0 Å². The Morgan fingerprint density at radius 2 is 1.65 bits per heavy atom. The number of unbranched alkanes of at least 4 members (excludes halogenated alkanes) is 7. The lowest BCUT2D eigenvalue weighted by Gasteiger charge is -2.00. The number of aliphatic hydroxyl groups is 1. The molecule has 0 aromatic heterocycles. The molecule has 0 fully saturated rings. The molecule has 0 radical (unpaired) electrons. The lowest BCUT2D eigenvalue weighted by molar-refractivity contribution is -0.146. The van der Waals surface area contributed by atoms with Crippen LogP contribution in [0.4, 0.5) is 0 Å². The van der Waals surface area contributed by atoms with E-state index in [-0.39, 0.29) is 6.42 Å². The van der Waals surface area contributed by atoms with Gasteiger partial charge >= 0.3 is 5.97 Å². The summed E-state index contributed by atoms with van der Waals surface area (Å²) in [5.74, 6) is -1.15. The number of rotatable bonds is 11. The SMILES string of the molecule is CCCCCCCCCC=CCC(O)C(=O)O. The highest BCUT2D eigenvalue weighted by atomic mass is 16.4. The number of allylic oxidation sites excluding steroid dienone is 1. The average molecular weight is 242 g/mol. The molecule has 0 amide bonds. The van der Waals surface area contributed by atoms with Crippen LogP contribution in [0, 0.1) is 0 Å². The summed E-state index contributed by atoms with van der Waals surface area (Å²) in [7, 11) is 0. The predicted molar refractivity (Wildman–Crippen MR) is 70.0 cm³/mol. The highest BCUT2D eigenvalue weighted by Gasteiger charge is 2.09. The largest absolute Gasteiger partial charge is 0.479 e. The molecule has 1 unspecified atom stereocenters. The molecule has 0 aliphatic heterocycles. The van der Waals surface area contributed by atoms with Crippen molar-refractivity contribution in [1.29, 1.82) is 0 Å². The molecule has 0 heterocycles. The number of hydrogen-bond acceptors (Lipinski definition) is 2. The predicted octanol–water partition coefficient (Wildman–Crippen LogP) is 3.52. The quantitative estimate of drug-likeness (QED) is 0.430. The van der Waals surface area contributed by atoms with Gasteiger partial charge in [0.2, 0.25) is 0 Å². The molecule has 0 spiro atoms. The van der Waals surface area contributed by atoms with E-state index in [1.165, 1.54) is 38.5 Å². The minimum atomic E-state index is -1.25. The molecule has 0 saturated carbocycles. The van der Waals surface area contributed by atoms with E-state index in [9.17, 15) is 4.79 Å². The highest BCUT2D eigenvalue weighted by Crippen LogP contribution is 2.08. The van der Waals surface area contributed by atoms with E-state index in [4.69, 9.17) is 10.2 Å². The molecular weight excluding hydrogens is 216 g/mol. The summed E-state index contributed by atoms with van der Waals surface area (Å²) in [6, 6.07) is 0. The molecule has 0 bridgehead atoms. The minimum Gasteiger partial charge on any atom is -0.479 e. The van der Waals surface area contributed by atoms with Crippen molar-refractivity contribution in [3.8, 4) is 0 Å². The molecular formula is C14H26O3. The maximum absolute atomic E-state index is 10.3. The lowest BCUT2D eigenvalue weighted by atomic mass is 10.1. The zero-order chi connectivity index (χ0) is 12.9. The Balaban J connectivity index is 3.22. The summed E-state index contributed by atoms with van der Waals surface area (Å²) in [6.45, 7) is 2.22. The van der Waals surface area contributed by atoms with Gasteiger partial charge in [-0.15, -0.1) is 0 Å². The Bertz CT molecular complexity index is 212. The zero-order valence-electron chi connectivity index (χ0n) is 10.9. The summed E-state index contributed by atoms with van der Waals surface area (Å²) in [5, 5.41) is 17.4. The van der Waals surface area contributed by atoms with Gasteiger partial charge < -0.3 is 10.2 Å². The molecule has 1 atom stereocenters. The molecule has 0 aliphatic carbocycles. The van der Waals surface area contributed by atoms with Crippen molar-refractivity contribution in [3.05, 3.63) is 12.2 Å². The van der Waals surface area contributed by atoms with Crippen LogP contribution in [0.5, 0.6) is 0 Å². The fourth-order valence-corrected chi connectivity index (χ4v) is 1.66. The summed E-state index contributed by atoms with van der Waals surface area (Å²) >= 11 is 0. The van der Waals surface area contributed by atoms with Gasteiger partial charge in [-0.1, -0.05) is 57.6 Å². The monoisotopic (exact) mass is 242 g/mol. The molecule has 3 nitrogen and oxygen atoms in total. The number of aliphatic hydroxyl groups excluding tert-OH is 1. The molecule has 0 rings (SSSR count). The van der Waals surface area contributed by atoms with Crippen molar-refractivity contribution in [2.24, 2.45) is 0 Å². The summed E-state index contributed by atoms with van der Waals surface area (Å²) in [6.07, 6.45) is 12.7. The second kappa shape index (κ2) is 11.6. The van der Waals surface area contributed by atoms with Crippen LogP contribution in [-0.2, 0) is 4.79 Å². The molecule has 0 aromatic carbocycles. The molecule has 0 saturated heterocycles. The van der Waals surface area contributed by atoms with Gasteiger partial charge in [-0.3, -0.25) is 0 Å². The van der Waals surface area contributed by atoms with Crippen molar-refractivity contribution < 1.29 is 15.0 Å². The lowest BCUT2D eigenvalue weighted by Crippen LogP contribution is -2.17. The van der Waals surface area contributed by atoms with E-state index in [2.05, 4.69) is 6.92 Å². The van der Waals surface area contributed by atoms with Gasteiger partial charge in [-0.05, 0) is 12.8 Å². The summed E-state index contributed by atoms with van der Waals surface area (Å²) < 4.78 is 0. The van der Waals surface area contributed by atoms with Crippen LogP contribution in [0.3, 0.4) is 0 Å². The maximum atomic E-state index is 10.3. The third-order valence-electron chi connectivity index (χ3n) is 2.79. The Hall–Kier alpha value is -0.830. The number of carboxylic acid groups (broad SMARTS) is 1. The number of carbonyl (C=O) groups is 1. The Labute approximate surface area is 105 Å². The molecule has 0 aromatic rings. The van der Waals surface area contributed by atoms with Crippen LogP contribution in [0.1, 0.15) is 64.7 Å². The van der Waals surface area contributed by atoms with E-state index in [0.29, 0.717) is 0 Å². The third kappa shape index (κ3) is 11.4.